The molecule has 0 bridgehead atoms. The molecule has 30 heavy (non-hydrogen) atoms. The van der Waals surface area contributed by atoms with Gasteiger partial charge in [-0.25, -0.2) is 4.68 Å². The van der Waals surface area contributed by atoms with E-state index in [1.54, 1.807) is 36.1 Å². The average molecular weight is 405 g/mol. The van der Waals surface area contributed by atoms with Crippen LogP contribution in [0, 0.1) is 0 Å². The summed E-state index contributed by atoms with van der Waals surface area (Å²) in [6.45, 7) is 2.03. The Bertz CT molecular complexity index is 1150. The van der Waals surface area contributed by atoms with E-state index < -0.39 is 6.04 Å². The quantitative estimate of drug-likeness (QED) is 0.688. The van der Waals surface area contributed by atoms with E-state index in [0.29, 0.717) is 40.2 Å². The predicted molar refractivity (Wildman–Crippen MR) is 109 cm³/mol. The third-order valence-electron chi connectivity index (χ3n) is 5.10. The van der Waals surface area contributed by atoms with Gasteiger partial charge in [-0.2, -0.15) is 10.1 Å². The third kappa shape index (κ3) is 3.00. The topological polar surface area (TPSA) is 99.5 Å². The lowest BCUT2D eigenvalue weighted by atomic mass is 9.94. The molecule has 3 aromatic rings. The van der Waals surface area contributed by atoms with Crippen LogP contribution in [0.3, 0.4) is 0 Å². The summed E-state index contributed by atoms with van der Waals surface area (Å²) in [5, 5.41) is 10.5. The highest BCUT2D eigenvalue weighted by Crippen LogP contribution is 2.40. The fourth-order valence-electron chi connectivity index (χ4n) is 3.65. The Hall–Kier alpha value is -4.01. The average Bonchev–Trinajstić information content (AvgIpc) is 3.41. The Morgan fingerprint density at radius 3 is 2.80 bits per heavy atom. The monoisotopic (exact) mass is 405 g/mol. The number of rotatable bonds is 4. The molecule has 0 fully saturated rings. The molecule has 0 saturated heterocycles. The standard InChI is InChI=1S/C21H19N5O4/c1-12-18(20(27)25-14-4-6-15(28-2)7-5-14)19(26-21(24-12)22-10-23-26)13-3-8-16-17(9-13)30-11-29-16/h3-10,19H,11H2,1-2H3,(H,25,27)(H,22,23,24). The minimum atomic E-state index is -0.475. The van der Waals surface area contributed by atoms with Crippen LogP contribution in [0.15, 0.2) is 60.1 Å². The summed E-state index contributed by atoms with van der Waals surface area (Å²) in [7, 11) is 1.60. The van der Waals surface area contributed by atoms with Gasteiger partial charge in [0.15, 0.2) is 11.5 Å². The van der Waals surface area contributed by atoms with Crippen molar-refractivity contribution in [3.8, 4) is 17.2 Å². The summed E-state index contributed by atoms with van der Waals surface area (Å²) in [5.74, 6) is 2.36. The van der Waals surface area contributed by atoms with Crippen molar-refractivity contribution in [1.29, 1.82) is 0 Å². The molecule has 3 heterocycles. The molecule has 9 heteroatoms. The summed E-state index contributed by atoms with van der Waals surface area (Å²) in [6, 6.07) is 12.3. The molecule has 1 unspecified atom stereocenters. The van der Waals surface area contributed by atoms with Gasteiger partial charge < -0.3 is 24.8 Å². The van der Waals surface area contributed by atoms with Crippen molar-refractivity contribution in [1.82, 2.24) is 14.8 Å². The number of carbonyl (C=O) groups excluding carboxylic acids is 1. The summed E-state index contributed by atoms with van der Waals surface area (Å²) in [6.07, 6.45) is 1.46. The number of methoxy groups -OCH3 is 1. The summed E-state index contributed by atoms with van der Waals surface area (Å²) in [4.78, 5) is 17.6. The number of aromatic nitrogens is 3. The van der Waals surface area contributed by atoms with Crippen LogP contribution in [0.5, 0.6) is 17.2 Å². The number of nitrogens with zero attached hydrogens (tertiary/aromatic N) is 3. The number of ether oxygens (including phenoxy) is 3. The molecule has 2 aliphatic rings. The van der Waals surface area contributed by atoms with Crippen LogP contribution in [-0.4, -0.2) is 34.6 Å². The van der Waals surface area contributed by atoms with Crippen molar-refractivity contribution >= 4 is 17.5 Å². The largest absolute Gasteiger partial charge is 0.497 e. The van der Waals surface area contributed by atoms with Crippen molar-refractivity contribution in [2.24, 2.45) is 0 Å². The van der Waals surface area contributed by atoms with Crippen LogP contribution in [0.4, 0.5) is 11.6 Å². The van der Waals surface area contributed by atoms with Crippen LogP contribution >= 0.6 is 0 Å². The van der Waals surface area contributed by atoms with Crippen LogP contribution in [0.1, 0.15) is 18.5 Å². The van der Waals surface area contributed by atoms with E-state index in [1.807, 2.05) is 25.1 Å². The highest BCUT2D eigenvalue weighted by molar-refractivity contribution is 6.06. The smallest absolute Gasteiger partial charge is 0.255 e. The van der Waals surface area contributed by atoms with Gasteiger partial charge in [0, 0.05) is 11.4 Å². The van der Waals surface area contributed by atoms with Gasteiger partial charge in [-0.15, -0.1) is 0 Å². The van der Waals surface area contributed by atoms with Gasteiger partial charge in [0.25, 0.3) is 5.91 Å². The van der Waals surface area contributed by atoms with E-state index >= 15 is 0 Å². The minimum Gasteiger partial charge on any atom is -0.497 e. The molecule has 1 atom stereocenters. The van der Waals surface area contributed by atoms with Crippen molar-refractivity contribution in [3.63, 3.8) is 0 Å². The van der Waals surface area contributed by atoms with Gasteiger partial charge in [-0.3, -0.25) is 4.79 Å². The van der Waals surface area contributed by atoms with Crippen molar-refractivity contribution in [3.05, 3.63) is 65.6 Å². The molecule has 2 N–H and O–H groups in total. The number of nitrogens with one attached hydrogen (secondary N) is 2. The Labute approximate surface area is 172 Å². The fraction of sp³-hybridized carbons (Fsp3) is 0.190. The van der Waals surface area contributed by atoms with Crippen molar-refractivity contribution in [2.45, 2.75) is 13.0 Å². The molecule has 1 aromatic heterocycles. The molecule has 0 radical (unpaired) electrons. The summed E-state index contributed by atoms with van der Waals surface area (Å²) >= 11 is 0. The lowest BCUT2D eigenvalue weighted by Gasteiger charge is -2.28. The molecular formula is C21H19N5O4. The first-order valence-corrected chi connectivity index (χ1v) is 9.36. The minimum absolute atomic E-state index is 0.180. The normalized spacial score (nSPS) is 16.7. The highest BCUT2D eigenvalue weighted by atomic mass is 16.7. The maximum atomic E-state index is 13.3. The van der Waals surface area contributed by atoms with E-state index in [1.165, 1.54) is 6.33 Å². The maximum Gasteiger partial charge on any atom is 0.255 e. The molecule has 9 nitrogen and oxygen atoms in total. The number of allylic oxidation sites excluding steroid dienone is 1. The second-order valence-electron chi connectivity index (χ2n) is 6.89. The number of fused-ring (bicyclic) bond motifs is 2. The molecule has 0 spiro atoms. The number of hydrogen-bond donors (Lipinski definition) is 2. The number of carbonyl (C=O) groups is 1. The number of amides is 1. The van der Waals surface area contributed by atoms with E-state index in [2.05, 4.69) is 20.7 Å². The number of hydrogen-bond acceptors (Lipinski definition) is 7. The number of benzene rings is 2. The summed E-state index contributed by atoms with van der Waals surface area (Å²) in [5.41, 5.74) is 2.73. The van der Waals surface area contributed by atoms with E-state index in [-0.39, 0.29) is 12.7 Å². The van der Waals surface area contributed by atoms with E-state index in [9.17, 15) is 4.79 Å². The molecule has 152 valence electrons. The van der Waals surface area contributed by atoms with Crippen molar-refractivity contribution in [2.75, 3.05) is 24.5 Å². The second-order valence-corrected chi connectivity index (χ2v) is 6.89. The lowest BCUT2D eigenvalue weighted by Crippen LogP contribution is -2.31. The van der Waals surface area contributed by atoms with E-state index in [4.69, 9.17) is 14.2 Å². The summed E-state index contributed by atoms with van der Waals surface area (Å²) < 4.78 is 17.8. The van der Waals surface area contributed by atoms with Crippen LogP contribution in [0.25, 0.3) is 0 Å². The van der Waals surface area contributed by atoms with Gasteiger partial charge in [0.2, 0.25) is 12.7 Å². The zero-order chi connectivity index (χ0) is 20.7. The Morgan fingerprint density at radius 2 is 2.00 bits per heavy atom. The molecule has 2 aromatic carbocycles. The lowest BCUT2D eigenvalue weighted by molar-refractivity contribution is -0.113. The van der Waals surface area contributed by atoms with Gasteiger partial charge in [0.1, 0.15) is 18.1 Å². The van der Waals surface area contributed by atoms with E-state index in [0.717, 1.165) is 5.56 Å². The highest BCUT2D eigenvalue weighted by Gasteiger charge is 2.34. The van der Waals surface area contributed by atoms with Crippen LogP contribution in [-0.2, 0) is 4.79 Å². The molecule has 0 aliphatic carbocycles. The first kappa shape index (κ1) is 18.0. The molecule has 5 rings (SSSR count). The Kier molecular flexibility index (Phi) is 4.27. The van der Waals surface area contributed by atoms with Gasteiger partial charge >= 0.3 is 0 Å². The molecule has 1 amide bonds. The SMILES string of the molecule is COc1ccc(NC(=O)C2=C(C)Nc3ncnn3C2c2ccc3c(c2)OCO3)cc1. The Morgan fingerprint density at radius 1 is 1.20 bits per heavy atom. The first-order chi connectivity index (χ1) is 14.6. The van der Waals surface area contributed by atoms with Gasteiger partial charge in [-0.1, -0.05) is 6.07 Å². The predicted octanol–water partition coefficient (Wildman–Crippen LogP) is 2.94. The molecule has 0 saturated carbocycles. The van der Waals surface area contributed by atoms with Crippen molar-refractivity contribution < 1.29 is 19.0 Å². The molecule has 2 aliphatic heterocycles. The number of anilines is 2. The van der Waals surface area contributed by atoms with Crippen LogP contribution in [0.2, 0.25) is 0 Å². The maximum absolute atomic E-state index is 13.3. The third-order valence-corrected chi connectivity index (χ3v) is 5.10. The van der Waals surface area contributed by atoms with Gasteiger partial charge in [0.05, 0.1) is 12.7 Å². The molecular weight excluding hydrogens is 386 g/mol. The first-order valence-electron chi connectivity index (χ1n) is 9.36. The van der Waals surface area contributed by atoms with Crippen LogP contribution < -0.4 is 24.8 Å². The fourth-order valence-corrected chi connectivity index (χ4v) is 3.65. The second kappa shape index (κ2) is 7.11. The zero-order valence-corrected chi connectivity index (χ0v) is 16.4. The zero-order valence-electron chi connectivity index (χ0n) is 16.4. The van der Waals surface area contributed by atoms with Gasteiger partial charge in [-0.05, 0) is 48.9 Å². The Balaban J connectivity index is 1.53.